The number of hydrogen-bond donors (Lipinski definition) is 1. The van der Waals surface area contributed by atoms with Crippen LogP contribution in [-0.2, 0) is 18.3 Å². The minimum atomic E-state index is -0.0297. The van der Waals surface area contributed by atoms with E-state index in [0.29, 0.717) is 12.3 Å². The van der Waals surface area contributed by atoms with Crippen LogP contribution in [0.2, 0.25) is 0 Å². The van der Waals surface area contributed by atoms with Crippen molar-refractivity contribution >= 4 is 50.7 Å². The van der Waals surface area contributed by atoms with Crippen LogP contribution in [0.1, 0.15) is 28.8 Å². The summed E-state index contributed by atoms with van der Waals surface area (Å²) in [5, 5.41) is 11.8. The second-order valence-electron chi connectivity index (χ2n) is 4.86. The van der Waals surface area contributed by atoms with Crippen molar-refractivity contribution in [1.29, 1.82) is 0 Å². The minimum absolute atomic E-state index is 0.0297. The summed E-state index contributed by atoms with van der Waals surface area (Å²) in [7, 11) is 1.89. The quantitative estimate of drug-likeness (QED) is 0.406. The molecule has 2 rings (SSSR count). The first-order chi connectivity index (χ1) is 11.0. The van der Waals surface area contributed by atoms with Crippen LogP contribution in [0.15, 0.2) is 21.1 Å². The van der Waals surface area contributed by atoms with E-state index in [0.717, 1.165) is 32.5 Å². The molecule has 2 aromatic rings. The van der Waals surface area contributed by atoms with Crippen molar-refractivity contribution in [3.05, 3.63) is 26.6 Å². The van der Waals surface area contributed by atoms with Crippen LogP contribution in [0.5, 0.6) is 0 Å². The Morgan fingerprint density at radius 2 is 2.17 bits per heavy atom. The van der Waals surface area contributed by atoms with Gasteiger partial charge >= 0.3 is 0 Å². The first-order valence-corrected chi connectivity index (χ1v) is 9.61. The highest BCUT2D eigenvalue weighted by Gasteiger charge is 2.13. The van der Waals surface area contributed by atoms with Crippen molar-refractivity contribution < 1.29 is 9.59 Å². The molecule has 1 amide bonds. The molecule has 6 nitrogen and oxygen atoms in total. The molecule has 0 aliphatic rings. The third-order valence-corrected chi connectivity index (χ3v) is 5.74. The van der Waals surface area contributed by atoms with Gasteiger partial charge < -0.3 is 9.88 Å². The summed E-state index contributed by atoms with van der Waals surface area (Å²) in [6.45, 7) is 2.12. The number of thioether (sulfide) groups is 1. The zero-order chi connectivity index (χ0) is 16.8. The van der Waals surface area contributed by atoms with Crippen molar-refractivity contribution in [2.75, 3.05) is 12.3 Å². The van der Waals surface area contributed by atoms with E-state index in [1.807, 2.05) is 23.7 Å². The number of amides is 1. The number of ketones is 1. The van der Waals surface area contributed by atoms with Crippen LogP contribution in [0.4, 0.5) is 0 Å². The standard InChI is InChI=1S/C14H17BrN4O2S2/c1-9(20)16-7-3-4-13-17-18-14(19(13)2)22-8-10(21)11-5-6-12(15)23-11/h5-6H,3-4,7-8H2,1-2H3,(H,16,20). The third kappa shape index (κ3) is 5.43. The number of hydrogen-bond acceptors (Lipinski definition) is 6. The second kappa shape index (κ2) is 8.60. The number of aromatic nitrogens is 3. The molecule has 0 radical (unpaired) electrons. The number of carbonyl (C=O) groups excluding carboxylic acids is 2. The maximum atomic E-state index is 12.1. The molecule has 0 aromatic carbocycles. The summed E-state index contributed by atoms with van der Waals surface area (Å²) in [6.07, 6.45) is 1.54. The van der Waals surface area contributed by atoms with E-state index < -0.39 is 0 Å². The fourth-order valence-corrected chi connectivity index (χ4v) is 4.09. The summed E-state index contributed by atoms with van der Waals surface area (Å²) >= 11 is 6.18. The number of carbonyl (C=O) groups is 2. The van der Waals surface area contributed by atoms with Crippen LogP contribution >= 0.6 is 39.0 Å². The van der Waals surface area contributed by atoms with Gasteiger partial charge in [0.2, 0.25) is 5.91 Å². The van der Waals surface area contributed by atoms with Gasteiger partial charge in [0.15, 0.2) is 10.9 Å². The van der Waals surface area contributed by atoms with Crippen molar-refractivity contribution in [3.63, 3.8) is 0 Å². The summed E-state index contributed by atoms with van der Waals surface area (Å²) < 4.78 is 2.85. The molecule has 0 fully saturated rings. The molecule has 0 atom stereocenters. The van der Waals surface area contributed by atoms with Gasteiger partial charge in [-0.15, -0.1) is 21.5 Å². The van der Waals surface area contributed by atoms with Gasteiger partial charge in [-0.25, -0.2) is 0 Å². The fraction of sp³-hybridized carbons (Fsp3) is 0.429. The lowest BCUT2D eigenvalue weighted by molar-refractivity contribution is -0.118. The van der Waals surface area contributed by atoms with Crippen LogP contribution < -0.4 is 5.32 Å². The van der Waals surface area contributed by atoms with E-state index in [1.165, 1.54) is 30.0 Å². The number of aryl methyl sites for hydroxylation is 1. The molecule has 124 valence electrons. The molecule has 0 unspecified atom stereocenters. The van der Waals surface area contributed by atoms with E-state index in [-0.39, 0.29) is 11.7 Å². The Labute approximate surface area is 151 Å². The van der Waals surface area contributed by atoms with Crippen molar-refractivity contribution in [1.82, 2.24) is 20.1 Å². The van der Waals surface area contributed by atoms with Gasteiger partial charge in [-0.05, 0) is 34.5 Å². The monoisotopic (exact) mass is 416 g/mol. The molecule has 0 saturated heterocycles. The van der Waals surface area contributed by atoms with Gasteiger partial charge in [-0.1, -0.05) is 11.8 Å². The highest BCUT2D eigenvalue weighted by molar-refractivity contribution is 9.11. The highest BCUT2D eigenvalue weighted by Crippen LogP contribution is 2.25. The Morgan fingerprint density at radius 3 is 2.83 bits per heavy atom. The predicted molar refractivity (Wildman–Crippen MR) is 95.1 cm³/mol. The Kier molecular flexibility index (Phi) is 6.79. The smallest absolute Gasteiger partial charge is 0.216 e. The third-order valence-electron chi connectivity index (χ3n) is 3.06. The average molecular weight is 417 g/mol. The van der Waals surface area contributed by atoms with Crippen molar-refractivity contribution in [2.24, 2.45) is 7.05 Å². The van der Waals surface area contributed by atoms with Crippen LogP contribution in [0, 0.1) is 0 Å². The van der Waals surface area contributed by atoms with Gasteiger partial charge in [0.1, 0.15) is 5.82 Å². The summed E-state index contributed by atoms with van der Waals surface area (Å²) in [5.74, 6) is 1.24. The van der Waals surface area contributed by atoms with Gasteiger partial charge in [-0.3, -0.25) is 9.59 Å². The van der Waals surface area contributed by atoms with Gasteiger partial charge in [-0.2, -0.15) is 0 Å². The Balaban J connectivity index is 1.84. The molecule has 0 saturated carbocycles. The molecule has 1 N–H and O–H groups in total. The van der Waals surface area contributed by atoms with E-state index in [1.54, 1.807) is 0 Å². The highest BCUT2D eigenvalue weighted by atomic mass is 79.9. The maximum Gasteiger partial charge on any atom is 0.216 e. The first-order valence-electron chi connectivity index (χ1n) is 7.01. The fourth-order valence-electron chi connectivity index (χ4n) is 1.86. The molecule has 0 spiro atoms. The molecular formula is C14H17BrN4O2S2. The number of rotatable bonds is 8. The topological polar surface area (TPSA) is 76.9 Å². The number of nitrogens with one attached hydrogen (secondary N) is 1. The van der Waals surface area contributed by atoms with Gasteiger partial charge in [0.05, 0.1) is 14.4 Å². The first kappa shape index (κ1) is 18.2. The average Bonchev–Trinajstić information content (AvgIpc) is 3.08. The number of thiophene rings is 1. The zero-order valence-electron chi connectivity index (χ0n) is 12.8. The van der Waals surface area contributed by atoms with Gasteiger partial charge in [0, 0.05) is 26.9 Å². The van der Waals surface area contributed by atoms with E-state index in [9.17, 15) is 9.59 Å². The normalized spacial score (nSPS) is 10.7. The molecule has 9 heteroatoms. The molecule has 2 heterocycles. The SMILES string of the molecule is CC(=O)NCCCc1nnc(SCC(=O)c2ccc(Br)s2)n1C. The van der Waals surface area contributed by atoms with E-state index in [4.69, 9.17) is 0 Å². The van der Waals surface area contributed by atoms with Crippen LogP contribution in [0.25, 0.3) is 0 Å². The summed E-state index contributed by atoms with van der Waals surface area (Å²) in [4.78, 5) is 23.6. The molecule has 2 aromatic heterocycles. The van der Waals surface area contributed by atoms with E-state index in [2.05, 4.69) is 31.4 Å². The van der Waals surface area contributed by atoms with Crippen LogP contribution in [0.3, 0.4) is 0 Å². The predicted octanol–water partition coefficient (Wildman–Crippen LogP) is 2.68. The van der Waals surface area contributed by atoms with Crippen molar-refractivity contribution in [2.45, 2.75) is 24.9 Å². The molecular weight excluding hydrogens is 400 g/mol. The molecule has 0 aliphatic heterocycles. The lowest BCUT2D eigenvalue weighted by atomic mass is 10.3. The Bertz CT molecular complexity index is 699. The molecule has 0 bridgehead atoms. The molecule has 23 heavy (non-hydrogen) atoms. The second-order valence-corrected chi connectivity index (χ2v) is 8.27. The van der Waals surface area contributed by atoms with E-state index >= 15 is 0 Å². The van der Waals surface area contributed by atoms with Gasteiger partial charge in [0.25, 0.3) is 0 Å². The van der Waals surface area contributed by atoms with Crippen molar-refractivity contribution in [3.8, 4) is 0 Å². The number of halogens is 1. The lowest BCUT2D eigenvalue weighted by Gasteiger charge is -2.04. The lowest BCUT2D eigenvalue weighted by Crippen LogP contribution is -2.21. The molecule has 0 aliphatic carbocycles. The zero-order valence-corrected chi connectivity index (χ0v) is 16.1. The Hall–Kier alpha value is -1.19. The largest absolute Gasteiger partial charge is 0.356 e. The Morgan fingerprint density at radius 1 is 1.39 bits per heavy atom. The maximum absolute atomic E-state index is 12.1. The number of nitrogens with zero attached hydrogens (tertiary/aromatic N) is 3. The minimum Gasteiger partial charge on any atom is -0.356 e. The van der Waals surface area contributed by atoms with Crippen LogP contribution in [-0.4, -0.2) is 38.8 Å². The summed E-state index contributed by atoms with van der Waals surface area (Å²) in [5.41, 5.74) is 0. The summed E-state index contributed by atoms with van der Waals surface area (Å²) in [6, 6.07) is 3.69. The number of Topliss-reactive ketones (excluding diaryl/α,β-unsaturated/α-hetero) is 1.